The normalized spacial score (nSPS) is 11.3. The van der Waals surface area contributed by atoms with Crippen molar-refractivity contribution in [1.29, 1.82) is 0 Å². The highest BCUT2D eigenvalue weighted by Crippen LogP contribution is 2.35. The van der Waals surface area contributed by atoms with Crippen molar-refractivity contribution in [2.24, 2.45) is 0 Å². The fourth-order valence-electron chi connectivity index (χ4n) is 1.56. The molecule has 0 unspecified atom stereocenters. The van der Waals surface area contributed by atoms with E-state index in [1.165, 1.54) is 6.92 Å². The van der Waals surface area contributed by atoms with Gasteiger partial charge in [-0.1, -0.05) is 0 Å². The van der Waals surface area contributed by atoms with Crippen molar-refractivity contribution in [2.75, 3.05) is 0 Å². The summed E-state index contributed by atoms with van der Waals surface area (Å²) in [4.78, 5) is 21.8. The maximum atomic E-state index is 12.6. The molecule has 0 bridgehead atoms. The molecular weight excluding hydrogens is 285 g/mol. The number of aryl methyl sites for hydroxylation is 1. The zero-order valence-electron chi connectivity index (χ0n) is 10.1. The topological polar surface area (TPSA) is 43.4 Å². The second-order valence-corrected chi connectivity index (χ2v) is 4.31. The minimum Gasteiger partial charge on any atom is -0.426 e. The van der Waals surface area contributed by atoms with E-state index in [1.807, 2.05) is 0 Å². The smallest absolute Gasteiger partial charge is 0.416 e. The molecule has 0 heterocycles. The molecule has 7 heteroatoms. The number of alkyl halides is 3. The van der Waals surface area contributed by atoms with E-state index in [0.717, 1.165) is 13.0 Å². The Labute approximate surface area is 112 Å². The first-order valence-electron chi connectivity index (χ1n) is 5.18. The first kappa shape index (κ1) is 15.5. The predicted molar refractivity (Wildman–Crippen MR) is 62.1 cm³/mol. The molecule has 0 saturated heterocycles. The summed E-state index contributed by atoms with van der Waals surface area (Å²) in [6, 6.07) is 1.56. The number of carbonyl (C=O) groups excluding carboxylic acids is 2. The Bertz CT molecular complexity index is 524. The van der Waals surface area contributed by atoms with Crippen molar-refractivity contribution < 1.29 is 27.5 Å². The van der Waals surface area contributed by atoms with Crippen LogP contribution < -0.4 is 4.74 Å². The molecule has 0 aliphatic heterocycles. The van der Waals surface area contributed by atoms with E-state index >= 15 is 0 Å². The summed E-state index contributed by atoms with van der Waals surface area (Å²) in [5.74, 6) is -1.07. The number of esters is 1. The SMILES string of the molecule is CC(=O)Oc1cc(C(F)(F)F)cc(C)c1CC(=O)Cl. The van der Waals surface area contributed by atoms with E-state index in [-0.39, 0.29) is 23.3 Å². The highest BCUT2D eigenvalue weighted by Gasteiger charge is 2.32. The van der Waals surface area contributed by atoms with Crippen molar-refractivity contribution in [2.45, 2.75) is 26.4 Å². The minimum atomic E-state index is -4.57. The summed E-state index contributed by atoms with van der Waals surface area (Å²) in [6.45, 7) is 2.44. The molecule has 0 aromatic heterocycles. The van der Waals surface area contributed by atoms with E-state index < -0.39 is 23.0 Å². The van der Waals surface area contributed by atoms with Gasteiger partial charge in [0.05, 0.1) is 12.0 Å². The van der Waals surface area contributed by atoms with Crippen molar-refractivity contribution in [3.8, 4) is 5.75 Å². The molecule has 0 aliphatic carbocycles. The number of benzene rings is 1. The van der Waals surface area contributed by atoms with Crippen molar-refractivity contribution in [3.63, 3.8) is 0 Å². The zero-order valence-corrected chi connectivity index (χ0v) is 10.9. The largest absolute Gasteiger partial charge is 0.426 e. The average Bonchev–Trinajstić information content (AvgIpc) is 2.20. The molecule has 0 aliphatic rings. The van der Waals surface area contributed by atoms with Crippen molar-refractivity contribution in [3.05, 3.63) is 28.8 Å². The fraction of sp³-hybridized carbons (Fsp3) is 0.333. The number of rotatable bonds is 3. The van der Waals surface area contributed by atoms with E-state index in [9.17, 15) is 22.8 Å². The van der Waals surface area contributed by atoms with Crippen LogP contribution in [0.15, 0.2) is 12.1 Å². The Balaban J connectivity index is 3.38. The molecule has 104 valence electrons. The van der Waals surface area contributed by atoms with Crippen molar-refractivity contribution in [1.82, 2.24) is 0 Å². The Morgan fingerprint density at radius 3 is 2.32 bits per heavy atom. The highest BCUT2D eigenvalue weighted by molar-refractivity contribution is 6.63. The number of hydrogen-bond acceptors (Lipinski definition) is 3. The number of carbonyl (C=O) groups is 2. The van der Waals surface area contributed by atoms with Gasteiger partial charge < -0.3 is 4.74 Å². The standard InChI is InChI=1S/C12H10ClF3O3/c1-6-3-8(12(14,15)16)4-10(19-7(2)17)9(6)5-11(13)18/h3-4H,5H2,1-2H3. The molecule has 1 aromatic carbocycles. The Hall–Kier alpha value is -1.56. The average molecular weight is 295 g/mol. The maximum absolute atomic E-state index is 12.6. The summed E-state index contributed by atoms with van der Waals surface area (Å²) in [6.07, 6.45) is -4.88. The molecule has 1 aromatic rings. The molecule has 1 rings (SSSR count). The van der Waals surface area contributed by atoms with Gasteiger partial charge in [0.2, 0.25) is 5.24 Å². The van der Waals surface area contributed by atoms with E-state index in [1.54, 1.807) is 0 Å². The van der Waals surface area contributed by atoms with Crippen LogP contribution in [-0.4, -0.2) is 11.2 Å². The van der Waals surface area contributed by atoms with Crippen LogP contribution in [-0.2, 0) is 22.2 Å². The first-order chi connectivity index (χ1) is 8.61. The van der Waals surface area contributed by atoms with Crippen LogP contribution in [0, 0.1) is 6.92 Å². The van der Waals surface area contributed by atoms with Crippen LogP contribution >= 0.6 is 11.6 Å². The summed E-state index contributed by atoms with van der Waals surface area (Å²) < 4.78 is 42.7. The van der Waals surface area contributed by atoms with Gasteiger partial charge in [0.15, 0.2) is 0 Å². The van der Waals surface area contributed by atoms with Crippen LogP contribution in [0.1, 0.15) is 23.6 Å². The van der Waals surface area contributed by atoms with E-state index in [0.29, 0.717) is 6.07 Å². The molecule has 0 N–H and O–H groups in total. The number of ether oxygens (including phenoxy) is 1. The quantitative estimate of drug-likeness (QED) is 0.488. The lowest BCUT2D eigenvalue weighted by Crippen LogP contribution is -2.11. The Kier molecular flexibility index (Phi) is 4.57. The molecule has 0 spiro atoms. The third kappa shape index (κ3) is 4.24. The Morgan fingerprint density at radius 1 is 1.32 bits per heavy atom. The summed E-state index contributed by atoms with van der Waals surface area (Å²) in [7, 11) is 0. The Morgan fingerprint density at radius 2 is 1.89 bits per heavy atom. The van der Waals surface area contributed by atoms with Crippen LogP contribution in [0.25, 0.3) is 0 Å². The summed E-state index contributed by atoms with van der Waals surface area (Å²) in [5.41, 5.74) is -0.602. The van der Waals surface area contributed by atoms with Crippen LogP contribution in [0.3, 0.4) is 0 Å². The second-order valence-electron chi connectivity index (χ2n) is 3.89. The number of hydrogen-bond donors (Lipinski definition) is 0. The van der Waals surface area contributed by atoms with Gasteiger partial charge in [-0.15, -0.1) is 0 Å². The molecule has 0 atom stereocenters. The van der Waals surface area contributed by atoms with Gasteiger partial charge in [-0.2, -0.15) is 13.2 Å². The first-order valence-corrected chi connectivity index (χ1v) is 5.56. The lowest BCUT2D eigenvalue weighted by molar-refractivity contribution is -0.138. The lowest BCUT2D eigenvalue weighted by Gasteiger charge is -2.15. The third-order valence-electron chi connectivity index (χ3n) is 2.33. The zero-order chi connectivity index (χ0) is 14.8. The van der Waals surface area contributed by atoms with Gasteiger partial charge in [0, 0.05) is 12.5 Å². The third-order valence-corrected chi connectivity index (χ3v) is 2.46. The predicted octanol–water partition coefficient (Wildman–Crippen LogP) is 3.25. The monoisotopic (exact) mass is 294 g/mol. The van der Waals surface area contributed by atoms with Gasteiger partial charge in [0.25, 0.3) is 0 Å². The molecule has 3 nitrogen and oxygen atoms in total. The number of halogens is 4. The van der Waals surface area contributed by atoms with E-state index in [4.69, 9.17) is 16.3 Å². The molecule has 19 heavy (non-hydrogen) atoms. The van der Waals surface area contributed by atoms with Gasteiger partial charge in [-0.05, 0) is 36.2 Å². The van der Waals surface area contributed by atoms with Crippen LogP contribution in [0.2, 0.25) is 0 Å². The molecule has 0 saturated carbocycles. The van der Waals surface area contributed by atoms with Gasteiger partial charge in [-0.25, -0.2) is 0 Å². The fourth-order valence-corrected chi connectivity index (χ4v) is 1.69. The van der Waals surface area contributed by atoms with Crippen LogP contribution in [0.5, 0.6) is 5.75 Å². The van der Waals surface area contributed by atoms with Gasteiger partial charge in [0.1, 0.15) is 5.75 Å². The van der Waals surface area contributed by atoms with Crippen molar-refractivity contribution >= 4 is 22.8 Å². The van der Waals surface area contributed by atoms with E-state index in [2.05, 4.69) is 0 Å². The minimum absolute atomic E-state index is 0.170. The van der Waals surface area contributed by atoms with Gasteiger partial charge >= 0.3 is 12.1 Å². The molecular formula is C12H10ClF3O3. The maximum Gasteiger partial charge on any atom is 0.416 e. The lowest BCUT2D eigenvalue weighted by atomic mass is 10.0. The van der Waals surface area contributed by atoms with Crippen LogP contribution in [0.4, 0.5) is 13.2 Å². The summed E-state index contributed by atoms with van der Waals surface area (Å²) in [5, 5.41) is -0.753. The second kappa shape index (κ2) is 5.61. The highest BCUT2D eigenvalue weighted by atomic mass is 35.5. The summed E-state index contributed by atoms with van der Waals surface area (Å²) >= 11 is 5.22. The van der Waals surface area contributed by atoms with Gasteiger partial charge in [-0.3, -0.25) is 9.59 Å². The molecule has 0 radical (unpaired) electrons. The molecule has 0 fully saturated rings. The molecule has 0 amide bonds.